The molecule has 1 amide bonds. The van der Waals surface area contributed by atoms with E-state index in [2.05, 4.69) is 0 Å². The second-order valence-electron chi connectivity index (χ2n) is 4.11. The Hall–Kier alpha value is -1.91. The van der Waals surface area contributed by atoms with Gasteiger partial charge >= 0.3 is 5.97 Å². The van der Waals surface area contributed by atoms with Gasteiger partial charge in [-0.1, -0.05) is 19.1 Å². The predicted octanol–water partition coefficient (Wildman–Crippen LogP) is 1.99. The summed E-state index contributed by atoms with van der Waals surface area (Å²) in [6.07, 6.45) is 0.155. The summed E-state index contributed by atoms with van der Waals surface area (Å²) in [4.78, 5) is 24.2. The fraction of sp³-hybridized carbons (Fsp3) is 0.385. The van der Waals surface area contributed by atoms with Crippen molar-refractivity contribution in [2.45, 2.75) is 25.8 Å². The highest BCUT2D eigenvalue weighted by atomic mass is 19.1. The van der Waals surface area contributed by atoms with Crippen molar-refractivity contribution in [3.63, 3.8) is 0 Å². The normalized spacial score (nSPS) is 13.8. The van der Waals surface area contributed by atoms with Gasteiger partial charge in [-0.3, -0.25) is 4.79 Å². The molecule has 98 valence electrons. The van der Waals surface area contributed by atoms with Crippen LogP contribution in [0.3, 0.4) is 0 Å². The number of amides is 1. The number of likely N-dealkylation sites (N-methyl/N-ethyl adjacent to an activating group) is 1. The molecule has 0 bridgehead atoms. The van der Waals surface area contributed by atoms with E-state index in [0.717, 1.165) is 11.0 Å². The number of halogens is 1. The van der Waals surface area contributed by atoms with Crippen LogP contribution < -0.4 is 0 Å². The van der Waals surface area contributed by atoms with Crippen LogP contribution in [0.25, 0.3) is 0 Å². The molecule has 0 spiro atoms. The minimum Gasteiger partial charge on any atom is -0.479 e. The van der Waals surface area contributed by atoms with E-state index in [0.29, 0.717) is 0 Å². The molecule has 0 aromatic heterocycles. The number of hydrogen-bond donors (Lipinski definition) is 1. The molecule has 1 N–H and O–H groups in total. The van der Waals surface area contributed by atoms with Gasteiger partial charge in [0, 0.05) is 14.0 Å². The zero-order chi connectivity index (χ0) is 13.9. The number of carbonyl (C=O) groups is 2. The molecule has 1 atom stereocenters. The minimum absolute atomic E-state index is 0.155. The first-order chi connectivity index (χ1) is 8.36. The number of carboxylic acids is 1. The van der Waals surface area contributed by atoms with Gasteiger partial charge < -0.3 is 10.0 Å². The van der Waals surface area contributed by atoms with Crippen LogP contribution in [0.2, 0.25) is 0 Å². The molecule has 1 rings (SSSR count). The zero-order valence-corrected chi connectivity index (χ0v) is 10.6. The molecule has 0 saturated carbocycles. The molecule has 18 heavy (non-hydrogen) atoms. The van der Waals surface area contributed by atoms with Gasteiger partial charge in [-0.05, 0) is 24.1 Å². The van der Waals surface area contributed by atoms with Crippen molar-refractivity contribution in [1.29, 1.82) is 0 Å². The molecule has 4 nitrogen and oxygen atoms in total. The van der Waals surface area contributed by atoms with Gasteiger partial charge in [0.25, 0.3) is 0 Å². The Balaban J connectivity index is 3.46. The number of hydrogen-bond acceptors (Lipinski definition) is 2. The number of carbonyl (C=O) groups excluding carboxylic acids is 1. The predicted molar refractivity (Wildman–Crippen MR) is 64.4 cm³/mol. The van der Waals surface area contributed by atoms with Crippen LogP contribution in [0.1, 0.15) is 25.8 Å². The van der Waals surface area contributed by atoms with Gasteiger partial charge in [0.2, 0.25) is 5.91 Å². The lowest BCUT2D eigenvalue weighted by Gasteiger charge is -2.37. The third-order valence-corrected chi connectivity index (χ3v) is 3.21. The Labute approximate surface area is 105 Å². The van der Waals surface area contributed by atoms with Crippen LogP contribution in [0.4, 0.5) is 4.39 Å². The Kier molecular flexibility index (Phi) is 4.06. The first-order valence-corrected chi connectivity index (χ1v) is 5.60. The number of benzene rings is 1. The SMILES string of the molecule is CCC(C(=O)O)(c1cccc(F)c1)N(C)C(C)=O. The summed E-state index contributed by atoms with van der Waals surface area (Å²) in [6.45, 7) is 2.94. The molecule has 1 aromatic rings. The number of rotatable bonds is 4. The van der Waals surface area contributed by atoms with Crippen molar-refractivity contribution in [3.05, 3.63) is 35.6 Å². The Bertz CT molecular complexity index is 475. The quantitative estimate of drug-likeness (QED) is 0.892. The molecule has 0 saturated heterocycles. The Morgan fingerprint density at radius 1 is 1.44 bits per heavy atom. The van der Waals surface area contributed by atoms with Crippen molar-refractivity contribution < 1.29 is 19.1 Å². The van der Waals surface area contributed by atoms with Crippen molar-refractivity contribution in [2.75, 3.05) is 7.05 Å². The first-order valence-electron chi connectivity index (χ1n) is 5.60. The van der Waals surface area contributed by atoms with E-state index in [1.807, 2.05) is 0 Å². The van der Waals surface area contributed by atoms with Crippen LogP contribution in [0.5, 0.6) is 0 Å². The Morgan fingerprint density at radius 3 is 2.44 bits per heavy atom. The van der Waals surface area contributed by atoms with Gasteiger partial charge in [-0.2, -0.15) is 0 Å². The summed E-state index contributed by atoms with van der Waals surface area (Å²) in [5.74, 6) is -2.08. The van der Waals surface area contributed by atoms with Gasteiger partial charge in [0.15, 0.2) is 5.54 Å². The summed E-state index contributed by atoms with van der Waals surface area (Å²) in [5.41, 5.74) is -1.27. The topological polar surface area (TPSA) is 57.6 Å². The van der Waals surface area contributed by atoms with Crippen molar-refractivity contribution >= 4 is 11.9 Å². The lowest BCUT2D eigenvalue weighted by molar-refractivity contribution is -0.158. The molecule has 0 aliphatic carbocycles. The first kappa shape index (κ1) is 14.2. The molecule has 1 aromatic carbocycles. The van der Waals surface area contributed by atoms with E-state index in [1.54, 1.807) is 6.92 Å². The van der Waals surface area contributed by atoms with E-state index < -0.39 is 17.3 Å². The summed E-state index contributed by atoms with van der Waals surface area (Å²) in [6, 6.07) is 5.34. The molecule has 0 aliphatic heterocycles. The third kappa shape index (κ3) is 2.20. The monoisotopic (exact) mass is 253 g/mol. The van der Waals surface area contributed by atoms with E-state index in [9.17, 15) is 19.1 Å². The average Bonchev–Trinajstić information content (AvgIpc) is 2.30. The van der Waals surface area contributed by atoms with Crippen LogP contribution in [0.15, 0.2) is 24.3 Å². The zero-order valence-electron chi connectivity index (χ0n) is 10.6. The number of carboxylic acid groups (broad SMARTS) is 1. The van der Waals surface area contributed by atoms with Gasteiger partial charge in [0.05, 0.1) is 0 Å². The van der Waals surface area contributed by atoms with Crippen molar-refractivity contribution in [3.8, 4) is 0 Å². The van der Waals surface area contributed by atoms with Crippen LogP contribution in [-0.4, -0.2) is 28.9 Å². The number of nitrogens with zero attached hydrogens (tertiary/aromatic N) is 1. The van der Waals surface area contributed by atoms with E-state index in [1.165, 1.54) is 32.2 Å². The van der Waals surface area contributed by atoms with Crippen molar-refractivity contribution in [2.24, 2.45) is 0 Å². The summed E-state index contributed by atoms with van der Waals surface area (Å²) in [5, 5.41) is 9.47. The molecule has 1 unspecified atom stereocenters. The van der Waals surface area contributed by atoms with Gasteiger partial charge in [-0.15, -0.1) is 0 Å². The van der Waals surface area contributed by atoms with Crippen LogP contribution in [-0.2, 0) is 15.1 Å². The maximum Gasteiger partial charge on any atom is 0.334 e. The molecular weight excluding hydrogens is 237 g/mol. The molecule has 5 heteroatoms. The molecule has 0 fully saturated rings. The van der Waals surface area contributed by atoms with E-state index >= 15 is 0 Å². The smallest absolute Gasteiger partial charge is 0.334 e. The Morgan fingerprint density at radius 2 is 2.06 bits per heavy atom. The lowest BCUT2D eigenvalue weighted by Crippen LogP contribution is -2.51. The maximum absolute atomic E-state index is 13.3. The maximum atomic E-state index is 13.3. The highest BCUT2D eigenvalue weighted by Gasteiger charge is 2.44. The summed E-state index contributed by atoms with van der Waals surface area (Å²) < 4.78 is 13.3. The molecule has 0 aliphatic rings. The highest BCUT2D eigenvalue weighted by Crippen LogP contribution is 2.32. The second-order valence-corrected chi connectivity index (χ2v) is 4.11. The van der Waals surface area contributed by atoms with E-state index in [-0.39, 0.29) is 17.9 Å². The van der Waals surface area contributed by atoms with Crippen molar-refractivity contribution in [1.82, 2.24) is 4.90 Å². The highest BCUT2D eigenvalue weighted by molar-refractivity contribution is 5.87. The van der Waals surface area contributed by atoms with Gasteiger partial charge in [-0.25, -0.2) is 9.18 Å². The largest absolute Gasteiger partial charge is 0.479 e. The molecule has 0 heterocycles. The fourth-order valence-corrected chi connectivity index (χ4v) is 2.07. The summed E-state index contributed by atoms with van der Waals surface area (Å²) >= 11 is 0. The third-order valence-electron chi connectivity index (χ3n) is 3.21. The standard InChI is InChI=1S/C13H16FNO3/c1-4-13(12(17)18,15(3)9(2)16)10-6-5-7-11(14)8-10/h5-8H,4H2,1-3H3,(H,17,18). The van der Waals surface area contributed by atoms with Crippen LogP contribution in [0, 0.1) is 5.82 Å². The minimum atomic E-state index is -1.53. The average molecular weight is 253 g/mol. The summed E-state index contributed by atoms with van der Waals surface area (Å²) in [7, 11) is 1.41. The molecule has 0 radical (unpaired) electrons. The van der Waals surface area contributed by atoms with Gasteiger partial charge in [0.1, 0.15) is 5.82 Å². The number of aliphatic carboxylic acids is 1. The molecular formula is C13H16FNO3. The lowest BCUT2D eigenvalue weighted by atomic mass is 9.85. The van der Waals surface area contributed by atoms with Crippen LogP contribution >= 0.6 is 0 Å². The fourth-order valence-electron chi connectivity index (χ4n) is 2.07. The van der Waals surface area contributed by atoms with E-state index in [4.69, 9.17) is 0 Å². The second kappa shape index (κ2) is 5.16.